The minimum atomic E-state index is -0.291. The number of H-pyrrole nitrogens is 1. The highest BCUT2D eigenvalue weighted by molar-refractivity contribution is 6.05. The van der Waals surface area contributed by atoms with Crippen molar-refractivity contribution in [3.8, 4) is 0 Å². The van der Waals surface area contributed by atoms with Crippen LogP contribution in [0.2, 0.25) is 0 Å². The van der Waals surface area contributed by atoms with Crippen LogP contribution in [0.15, 0.2) is 10.9 Å². The molecule has 0 bridgehead atoms. The van der Waals surface area contributed by atoms with Gasteiger partial charge in [-0.2, -0.15) is 0 Å². The molecule has 1 saturated heterocycles. The van der Waals surface area contributed by atoms with E-state index in [0.717, 1.165) is 26.1 Å². The number of carbonyl (C=O) groups is 1. The van der Waals surface area contributed by atoms with Gasteiger partial charge in [0.1, 0.15) is 0 Å². The number of carbonyl (C=O) groups excluding carboxylic acids is 1. The molecule has 2 N–H and O–H groups in total. The SMILES string of the molecule is Cc1cc(C(=O)NCC2CCOCC2)c2c(=O)[nH]n(C)c2n1. The van der Waals surface area contributed by atoms with E-state index in [2.05, 4.69) is 15.4 Å². The van der Waals surface area contributed by atoms with E-state index in [1.165, 1.54) is 0 Å². The number of nitrogens with zero attached hydrogens (tertiary/aromatic N) is 2. The highest BCUT2D eigenvalue weighted by atomic mass is 16.5. The molecule has 0 aliphatic carbocycles. The van der Waals surface area contributed by atoms with Gasteiger partial charge in [0.25, 0.3) is 11.5 Å². The molecule has 2 aromatic heterocycles. The minimum Gasteiger partial charge on any atom is -0.381 e. The number of aromatic amines is 1. The lowest BCUT2D eigenvalue weighted by Crippen LogP contribution is -2.32. The lowest BCUT2D eigenvalue weighted by Gasteiger charge is -2.22. The Bertz CT molecular complexity index is 756. The molecule has 0 unspecified atom stereocenters. The summed E-state index contributed by atoms with van der Waals surface area (Å²) in [5.74, 6) is 0.212. The number of aromatic nitrogens is 3. The van der Waals surface area contributed by atoms with Crippen molar-refractivity contribution < 1.29 is 9.53 Å². The quantitative estimate of drug-likeness (QED) is 0.874. The lowest BCUT2D eigenvalue weighted by molar-refractivity contribution is 0.0643. The van der Waals surface area contributed by atoms with Crippen LogP contribution in [-0.2, 0) is 11.8 Å². The van der Waals surface area contributed by atoms with Crippen LogP contribution in [0.5, 0.6) is 0 Å². The number of nitrogens with one attached hydrogen (secondary N) is 2. The highest BCUT2D eigenvalue weighted by Crippen LogP contribution is 2.16. The predicted octanol–water partition coefficient (Wildman–Crippen LogP) is 0.726. The van der Waals surface area contributed by atoms with Crippen LogP contribution in [0.3, 0.4) is 0 Å². The Morgan fingerprint density at radius 3 is 2.95 bits per heavy atom. The molecule has 3 rings (SSSR count). The minimum absolute atomic E-state index is 0.223. The van der Waals surface area contributed by atoms with Crippen molar-refractivity contribution in [3.63, 3.8) is 0 Å². The second-order valence-electron chi connectivity index (χ2n) is 5.78. The lowest BCUT2D eigenvalue weighted by atomic mass is 10.0. The summed E-state index contributed by atoms with van der Waals surface area (Å²) in [6.45, 7) is 3.91. The molecule has 22 heavy (non-hydrogen) atoms. The van der Waals surface area contributed by atoms with Gasteiger partial charge in [-0.15, -0.1) is 0 Å². The maximum atomic E-state index is 12.5. The smallest absolute Gasteiger partial charge is 0.274 e. The van der Waals surface area contributed by atoms with Crippen molar-refractivity contribution >= 4 is 16.9 Å². The Morgan fingerprint density at radius 2 is 2.23 bits per heavy atom. The molecule has 7 heteroatoms. The molecule has 2 aromatic rings. The van der Waals surface area contributed by atoms with Crippen LogP contribution >= 0.6 is 0 Å². The molecule has 1 aliphatic rings. The summed E-state index contributed by atoms with van der Waals surface area (Å²) in [5.41, 5.74) is 1.30. The fourth-order valence-electron chi connectivity index (χ4n) is 2.85. The third-order valence-corrected chi connectivity index (χ3v) is 4.08. The largest absolute Gasteiger partial charge is 0.381 e. The first-order valence-corrected chi connectivity index (χ1v) is 7.48. The zero-order chi connectivity index (χ0) is 15.7. The van der Waals surface area contributed by atoms with E-state index in [9.17, 15) is 9.59 Å². The van der Waals surface area contributed by atoms with Gasteiger partial charge in [-0.05, 0) is 31.7 Å². The van der Waals surface area contributed by atoms with Crippen LogP contribution in [0.4, 0.5) is 0 Å². The fourth-order valence-corrected chi connectivity index (χ4v) is 2.85. The summed E-state index contributed by atoms with van der Waals surface area (Å²) in [5, 5.41) is 5.93. The summed E-state index contributed by atoms with van der Waals surface area (Å²) in [6.07, 6.45) is 1.91. The van der Waals surface area contributed by atoms with Gasteiger partial charge in [0.15, 0.2) is 5.65 Å². The average molecular weight is 304 g/mol. The van der Waals surface area contributed by atoms with E-state index in [-0.39, 0.29) is 11.5 Å². The summed E-state index contributed by atoms with van der Waals surface area (Å²) < 4.78 is 6.86. The number of rotatable bonds is 3. The summed E-state index contributed by atoms with van der Waals surface area (Å²) >= 11 is 0. The molecule has 0 radical (unpaired) electrons. The van der Waals surface area contributed by atoms with Gasteiger partial charge in [0, 0.05) is 32.5 Å². The number of hydrogen-bond donors (Lipinski definition) is 2. The van der Waals surface area contributed by atoms with Gasteiger partial charge in [-0.3, -0.25) is 19.4 Å². The second-order valence-corrected chi connectivity index (χ2v) is 5.78. The van der Waals surface area contributed by atoms with Crippen LogP contribution in [-0.4, -0.2) is 40.4 Å². The number of amides is 1. The Labute approximate surface area is 127 Å². The second kappa shape index (κ2) is 5.92. The molecule has 0 aromatic carbocycles. The Hall–Kier alpha value is -2.15. The zero-order valence-corrected chi connectivity index (χ0v) is 12.8. The Balaban J connectivity index is 1.85. The molecule has 118 valence electrons. The van der Waals surface area contributed by atoms with E-state index < -0.39 is 0 Å². The maximum Gasteiger partial charge on any atom is 0.274 e. The number of hydrogen-bond acceptors (Lipinski definition) is 4. The third-order valence-electron chi connectivity index (χ3n) is 4.08. The molecule has 1 aliphatic heterocycles. The van der Waals surface area contributed by atoms with Crippen LogP contribution in [0, 0.1) is 12.8 Å². The molecular weight excluding hydrogens is 284 g/mol. The summed E-state index contributed by atoms with van der Waals surface area (Å²) in [6, 6.07) is 1.66. The first kappa shape index (κ1) is 14.8. The molecule has 0 spiro atoms. The maximum absolute atomic E-state index is 12.5. The third kappa shape index (κ3) is 2.76. The molecule has 1 amide bonds. The van der Waals surface area contributed by atoms with Crippen molar-refractivity contribution in [2.24, 2.45) is 13.0 Å². The van der Waals surface area contributed by atoms with Gasteiger partial charge in [0.2, 0.25) is 0 Å². The summed E-state index contributed by atoms with van der Waals surface area (Å²) in [7, 11) is 1.71. The first-order valence-electron chi connectivity index (χ1n) is 7.48. The first-order chi connectivity index (χ1) is 10.6. The number of aryl methyl sites for hydroxylation is 2. The Kier molecular flexibility index (Phi) is 3.98. The molecule has 1 fully saturated rings. The number of pyridine rings is 1. The van der Waals surface area contributed by atoms with Crippen molar-refractivity contribution in [1.29, 1.82) is 0 Å². The van der Waals surface area contributed by atoms with E-state index in [1.54, 1.807) is 17.8 Å². The normalized spacial score (nSPS) is 16.1. The van der Waals surface area contributed by atoms with Crippen LogP contribution in [0.25, 0.3) is 11.0 Å². The van der Waals surface area contributed by atoms with Gasteiger partial charge in [-0.1, -0.05) is 0 Å². The molecule has 7 nitrogen and oxygen atoms in total. The van der Waals surface area contributed by atoms with E-state index in [1.807, 2.05) is 6.92 Å². The van der Waals surface area contributed by atoms with Crippen molar-refractivity contribution in [2.45, 2.75) is 19.8 Å². The standard InChI is InChI=1S/C15H20N4O3/c1-9-7-11(12-13(17-9)19(2)18-15(12)21)14(20)16-8-10-3-5-22-6-4-10/h7,10H,3-6,8H2,1-2H3,(H,16,20)(H,18,21). The molecule has 0 atom stereocenters. The van der Waals surface area contributed by atoms with Crippen molar-refractivity contribution in [3.05, 3.63) is 27.7 Å². The topological polar surface area (TPSA) is 89.0 Å². The summed E-state index contributed by atoms with van der Waals surface area (Å²) in [4.78, 5) is 28.8. The van der Waals surface area contributed by atoms with Crippen LogP contribution in [0.1, 0.15) is 28.9 Å². The van der Waals surface area contributed by atoms with Gasteiger partial charge < -0.3 is 10.1 Å². The van der Waals surface area contributed by atoms with Gasteiger partial charge >= 0.3 is 0 Å². The van der Waals surface area contributed by atoms with E-state index >= 15 is 0 Å². The molecule has 3 heterocycles. The highest BCUT2D eigenvalue weighted by Gasteiger charge is 2.19. The van der Waals surface area contributed by atoms with E-state index in [4.69, 9.17) is 4.74 Å². The van der Waals surface area contributed by atoms with Crippen LogP contribution < -0.4 is 10.9 Å². The fraction of sp³-hybridized carbons (Fsp3) is 0.533. The molecular formula is C15H20N4O3. The number of fused-ring (bicyclic) bond motifs is 1. The van der Waals surface area contributed by atoms with E-state index in [0.29, 0.717) is 34.8 Å². The van der Waals surface area contributed by atoms with Crippen molar-refractivity contribution in [1.82, 2.24) is 20.1 Å². The van der Waals surface area contributed by atoms with Crippen molar-refractivity contribution in [2.75, 3.05) is 19.8 Å². The van der Waals surface area contributed by atoms with Gasteiger partial charge in [0.05, 0.1) is 10.9 Å². The predicted molar refractivity (Wildman–Crippen MR) is 81.9 cm³/mol. The molecule has 0 saturated carbocycles. The zero-order valence-electron chi connectivity index (χ0n) is 12.8. The van der Waals surface area contributed by atoms with Gasteiger partial charge in [-0.25, -0.2) is 4.98 Å². The number of ether oxygens (including phenoxy) is 1. The average Bonchev–Trinajstić information content (AvgIpc) is 2.79. The Morgan fingerprint density at radius 1 is 1.50 bits per heavy atom. The monoisotopic (exact) mass is 304 g/mol.